The Labute approximate surface area is 125 Å². The molecule has 1 heterocycles. The maximum atomic E-state index is 11.7. The molecule has 0 saturated heterocycles. The van der Waals surface area contributed by atoms with E-state index in [1.807, 2.05) is 39.1 Å². The van der Waals surface area contributed by atoms with Crippen LogP contribution in [0.15, 0.2) is 11.4 Å². The van der Waals surface area contributed by atoms with Gasteiger partial charge in [-0.25, -0.2) is 0 Å². The van der Waals surface area contributed by atoms with E-state index in [0.29, 0.717) is 25.9 Å². The fraction of sp³-hybridized carbons (Fsp3) is 0.600. The quantitative estimate of drug-likeness (QED) is 0.793. The molecule has 2 N–H and O–H groups in total. The highest BCUT2D eigenvalue weighted by Crippen LogP contribution is 2.15. The van der Waals surface area contributed by atoms with Crippen molar-refractivity contribution in [1.29, 1.82) is 0 Å². The van der Waals surface area contributed by atoms with Gasteiger partial charge in [0.05, 0.1) is 6.54 Å². The van der Waals surface area contributed by atoms with Gasteiger partial charge >= 0.3 is 0 Å². The van der Waals surface area contributed by atoms with Crippen molar-refractivity contribution in [1.82, 2.24) is 10.6 Å². The molecular formula is C15H24N2O2S. The van der Waals surface area contributed by atoms with Crippen molar-refractivity contribution in [2.24, 2.45) is 5.41 Å². The number of amides is 2. The smallest absolute Gasteiger partial charge is 0.225 e. The maximum Gasteiger partial charge on any atom is 0.225 e. The van der Waals surface area contributed by atoms with Crippen LogP contribution in [0.2, 0.25) is 0 Å². The van der Waals surface area contributed by atoms with Gasteiger partial charge in [-0.05, 0) is 30.4 Å². The lowest BCUT2D eigenvalue weighted by molar-refractivity contribution is -0.128. The van der Waals surface area contributed by atoms with E-state index in [1.54, 1.807) is 11.3 Å². The van der Waals surface area contributed by atoms with Gasteiger partial charge in [-0.3, -0.25) is 9.59 Å². The largest absolute Gasteiger partial charge is 0.356 e. The summed E-state index contributed by atoms with van der Waals surface area (Å²) in [5.41, 5.74) is 0.839. The summed E-state index contributed by atoms with van der Waals surface area (Å²) in [6, 6.07) is 2.05. The molecule has 1 aromatic heterocycles. The Hall–Kier alpha value is -1.36. The number of thiophene rings is 1. The van der Waals surface area contributed by atoms with Gasteiger partial charge in [-0.15, -0.1) is 11.3 Å². The molecule has 0 aliphatic carbocycles. The second-order valence-corrected chi connectivity index (χ2v) is 6.91. The summed E-state index contributed by atoms with van der Waals surface area (Å²) in [5, 5.41) is 7.77. The van der Waals surface area contributed by atoms with Crippen LogP contribution in [-0.2, 0) is 16.1 Å². The van der Waals surface area contributed by atoms with Crippen LogP contribution in [0.5, 0.6) is 0 Å². The molecule has 0 atom stereocenters. The van der Waals surface area contributed by atoms with Crippen LogP contribution in [0.3, 0.4) is 0 Å². The van der Waals surface area contributed by atoms with E-state index in [1.165, 1.54) is 10.4 Å². The molecule has 5 heteroatoms. The first-order valence-electron chi connectivity index (χ1n) is 6.88. The first kappa shape index (κ1) is 16.7. The fourth-order valence-corrected chi connectivity index (χ4v) is 2.41. The molecule has 0 spiro atoms. The minimum atomic E-state index is -0.376. The lowest BCUT2D eigenvalue weighted by atomic mass is 9.96. The van der Waals surface area contributed by atoms with Crippen molar-refractivity contribution in [3.8, 4) is 0 Å². The van der Waals surface area contributed by atoms with Gasteiger partial charge in [0.2, 0.25) is 11.8 Å². The summed E-state index contributed by atoms with van der Waals surface area (Å²) in [7, 11) is 0. The Morgan fingerprint density at radius 2 is 1.95 bits per heavy atom. The number of hydrogen-bond acceptors (Lipinski definition) is 3. The SMILES string of the molecule is Cc1ccsc1CNC(=O)CCCNC(=O)C(C)(C)C. The number of carbonyl (C=O) groups is 2. The van der Waals surface area contributed by atoms with Crippen LogP contribution in [0, 0.1) is 12.3 Å². The molecule has 0 aliphatic rings. The Bertz CT molecular complexity index is 461. The van der Waals surface area contributed by atoms with E-state index >= 15 is 0 Å². The minimum Gasteiger partial charge on any atom is -0.356 e. The van der Waals surface area contributed by atoms with E-state index in [2.05, 4.69) is 10.6 Å². The van der Waals surface area contributed by atoms with Gasteiger partial charge < -0.3 is 10.6 Å². The monoisotopic (exact) mass is 296 g/mol. The highest BCUT2D eigenvalue weighted by molar-refractivity contribution is 7.10. The average Bonchev–Trinajstić information content (AvgIpc) is 2.76. The van der Waals surface area contributed by atoms with E-state index in [9.17, 15) is 9.59 Å². The van der Waals surface area contributed by atoms with Gasteiger partial charge in [0.15, 0.2) is 0 Å². The van der Waals surface area contributed by atoms with Gasteiger partial charge in [-0.1, -0.05) is 20.8 Å². The normalized spacial score (nSPS) is 11.2. The van der Waals surface area contributed by atoms with Crippen LogP contribution in [0.4, 0.5) is 0 Å². The second-order valence-electron chi connectivity index (χ2n) is 5.91. The Balaban J connectivity index is 2.15. The Morgan fingerprint density at radius 3 is 2.50 bits per heavy atom. The van der Waals surface area contributed by atoms with Crippen molar-refractivity contribution < 1.29 is 9.59 Å². The molecule has 0 saturated carbocycles. The van der Waals surface area contributed by atoms with Crippen molar-refractivity contribution in [2.45, 2.75) is 47.1 Å². The second kappa shape index (κ2) is 7.43. The lowest BCUT2D eigenvalue weighted by Gasteiger charge is -2.17. The van der Waals surface area contributed by atoms with E-state index in [-0.39, 0.29) is 17.2 Å². The average molecular weight is 296 g/mol. The van der Waals surface area contributed by atoms with Crippen molar-refractivity contribution >= 4 is 23.2 Å². The molecule has 1 rings (SSSR count). The third kappa shape index (κ3) is 5.74. The third-order valence-corrected chi connectivity index (χ3v) is 3.98. The number of rotatable bonds is 6. The molecule has 0 bridgehead atoms. The summed E-state index contributed by atoms with van der Waals surface area (Å²) in [4.78, 5) is 24.5. The predicted octanol–water partition coefficient (Wildman–Crippen LogP) is 2.62. The number of hydrogen-bond donors (Lipinski definition) is 2. The third-order valence-electron chi connectivity index (χ3n) is 2.96. The highest BCUT2D eigenvalue weighted by Gasteiger charge is 2.20. The van der Waals surface area contributed by atoms with Crippen LogP contribution in [-0.4, -0.2) is 18.4 Å². The van der Waals surface area contributed by atoms with Gasteiger partial charge in [0.1, 0.15) is 0 Å². The molecule has 4 nitrogen and oxygen atoms in total. The molecule has 0 aromatic carbocycles. The Morgan fingerprint density at radius 1 is 1.25 bits per heavy atom. The first-order chi connectivity index (χ1) is 9.30. The summed E-state index contributed by atoms with van der Waals surface area (Å²) >= 11 is 1.65. The van der Waals surface area contributed by atoms with E-state index in [4.69, 9.17) is 0 Å². The topological polar surface area (TPSA) is 58.2 Å². The molecular weight excluding hydrogens is 272 g/mol. The summed E-state index contributed by atoms with van der Waals surface area (Å²) in [5.74, 6) is 0.0509. The van der Waals surface area contributed by atoms with Crippen LogP contribution in [0.1, 0.15) is 44.1 Å². The van der Waals surface area contributed by atoms with Gasteiger partial charge in [-0.2, -0.15) is 0 Å². The van der Waals surface area contributed by atoms with Crippen molar-refractivity contribution in [3.05, 3.63) is 21.9 Å². The minimum absolute atomic E-state index is 0.0205. The number of carbonyl (C=O) groups excluding carboxylic acids is 2. The molecule has 20 heavy (non-hydrogen) atoms. The van der Waals surface area contributed by atoms with Crippen LogP contribution >= 0.6 is 11.3 Å². The molecule has 112 valence electrons. The molecule has 2 amide bonds. The number of aryl methyl sites for hydroxylation is 1. The highest BCUT2D eigenvalue weighted by atomic mass is 32.1. The van der Waals surface area contributed by atoms with E-state index < -0.39 is 0 Å². The van der Waals surface area contributed by atoms with Gasteiger partial charge in [0.25, 0.3) is 0 Å². The first-order valence-corrected chi connectivity index (χ1v) is 7.76. The maximum absolute atomic E-state index is 11.7. The van der Waals surface area contributed by atoms with Crippen molar-refractivity contribution in [2.75, 3.05) is 6.54 Å². The Kier molecular flexibility index (Phi) is 6.20. The van der Waals surface area contributed by atoms with E-state index in [0.717, 1.165) is 0 Å². The van der Waals surface area contributed by atoms with Crippen LogP contribution in [0.25, 0.3) is 0 Å². The van der Waals surface area contributed by atoms with Crippen molar-refractivity contribution in [3.63, 3.8) is 0 Å². The molecule has 1 aromatic rings. The molecule has 0 radical (unpaired) electrons. The summed E-state index contributed by atoms with van der Waals surface area (Å²) in [6.07, 6.45) is 1.10. The number of nitrogens with one attached hydrogen (secondary N) is 2. The van der Waals surface area contributed by atoms with Gasteiger partial charge in [0, 0.05) is 23.3 Å². The zero-order chi connectivity index (χ0) is 15.2. The van der Waals surface area contributed by atoms with Crippen LogP contribution < -0.4 is 10.6 Å². The summed E-state index contributed by atoms with van der Waals surface area (Å²) in [6.45, 7) is 8.80. The fourth-order valence-electron chi connectivity index (χ4n) is 1.57. The standard InChI is InChI=1S/C15H24N2O2S/c1-11-7-9-20-12(11)10-17-13(18)6-5-8-16-14(19)15(2,3)4/h7,9H,5-6,8,10H2,1-4H3,(H,16,19)(H,17,18). The molecule has 0 aliphatic heterocycles. The predicted molar refractivity (Wildman–Crippen MR) is 82.6 cm³/mol. The summed E-state index contributed by atoms with van der Waals surface area (Å²) < 4.78 is 0. The molecule has 0 fully saturated rings. The lowest BCUT2D eigenvalue weighted by Crippen LogP contribution is -2.35. The zero-order valence-corrected chi connectivity index (χ0v) is 13.5. The molecule has 0 unspecified atom stereocenters. The zero-order valence-electron chi connectivity index (χ0n) is 12.7.